The Balaban J connectivity index is 2.25. The Hall–Kier alpha value is -1.93. The summed E-state index contributed by atoms with van der Waals surface area (Å²) >= 11 is 0. The monoisotopic (exact) mass is 234 g/mol. The average Bonchev–Trinajstić information content (AvgIpc) is 2.38. The number of amides is 1. The number of rotatable bonds is 1. The summed E-state index contributed by atoms with van der Waals surface area (Å²) in [6, 6.07) is 0.907. The number of nitrogens with zero attached hydrogens (tertiary/aromatic N) is 2. The summed E-state index contributed by atoms with van der Waals surface area (Å²) in [5.41, 5.74) is -0.0119. The molecule has 1 atom stereocenters. The van der Waals surface area contributed by atoms with E-state index in [1.807, 2.05) is 0 Å². The molecule has 0 aliphatic carbocycles. The van der Waals surface area contributed by atoms with E-state index in [2.05, 4.69) is 10.9 Å². The fourth-order valence-corrected chi connectivity index (χ4v) is 1.69. The maximum absolute atomic E-state index is 13.4. The van der Waals surface area contributed by atoms with Crippen molar-refractivity contribution in [3.63, 3.8) is 0 Å². The van der Waals surface area contributed by atoms with Gasteiger partial charge in [0.15, 0.2) is 5.82 Å². The van der Waals surface area contributed by atoms with Crippen molar-refractivity contribution in [2.45, 2.75) is 6.04 Å². The Kier molecular flexibility index (Phi) is 3.35. The highest BCUT2D eigenvalue weighted by Crippen LogP contribution is 2.13. The van der Waals surface area contributed by atoms with Gasteiger partial charge < -0.3 is 9.64 Å². The van der Waals surface area contributed by atoms with Crippen molar-refractivity contribution in [3.8, 4) is 12.3 Å². The topological polar surface area (TPSA) is 42.4 Å². The fourth-order valence-electron chi connectivity index (χ4n) is 1.69. The van der Waals surface area contributed by atoms with Gasteiger partial charge in [0, 0.05) is 12.7 Å². The van der Waals surface area contributed by atoms with E-state index in [9.17, 15) is 9.18 Å². The van der Waals surface area contributed by atoms with Crippen molar-refractivity contribution in [1.82, 2.24) is 9.88 Å². The van der Waals surface area contributed by atoms with Gasteiger partial charge in [-0.2, -0.15) is 0 Å². The van der Waals surface area contributed by atoms with Crippen LogP contribution < -0.4 is 0 Å². The number of hydrogen-bond donors (Lipinski definition) is 0. The van der Waals surface area contributed by atoms with Crippen molar-refractivity contribution >= 4 is 5.91 Å². The molecule has 88 valence electrons. The van der Waals surface area contributed by atoms with Gasteiger partial charge in [0.1, 0.15) is 6.04 Å². The van der Waals surface area contributed by atoms with Crippen LogP contribution in [0.2, 0.25) is 0 Å². The predicted molar refractivity (Wildman–Crippen MR) is 58.7 cm³/mol. The molecule has 0 saturated carbocycles. The van der Waals surface area contributed by atoms with Crippen LogP contribution in [0.3, 0.4) is 0 Å². The molecule has 17 heavy (non-hydrogen) atoms. The number of morpholine rings is 1. The molecule has 1 aromatic rings. The average molecular weight is 234 g/mol. The van der Waals surface area contributed by atoms with Gasteiger partial charge in [-0.1, -0.05) is 5.92 Å². The van der Waals surface area contributed by atoms with Gasteiger partial charge in [0.25, 0.3) is 5.91 Å². The van der Waals surface area contributed by atoms with E-state index in [1.165, 1.54) is 17.2 Å². The molecule has 4 nitrogen and oxygen atoms in total. The molecule has 1 aliphatic rings. The van der Waals surface area contributed by atoms with E-state index < -0.39 is 17.8 Å². The molecule has 5 heteroatoms. The molecule has 1 aromatic heterocycles. The van der Waals surface area contributed by atoms with Gasteiger partial charge in [-0.05, 0) is 6.07 Å². The number of carbonyl (C=O) groups excluding carboxylic acids is 1. The lowest BCUT2D eigenvalue weighted by atomic mass is 10.1. The van der Waals surface area contributed by atoms with Crippen LogP contribution >= 0.6 is 0 Å². The van der Waals surface area contributed by atoms with E-state index in [0.29, 0.717) is 13.2 Å². The molecule has 0 bridgehead atoms. The van der Waals surface area contributed by atoms with E-state index in [-0.39, 0.29) is 12.2 Å². The first kappa shape index (κ1) is 11.6. The van der Waals surface area contributed by atoms with Gasteiger partial charge in [-0.15, -0.1) is 6.42 Å². The van der Waals surface area contributed by atoms with E-state index in [0.717, 1.165) is 6.20 Å². The normalized spacial score (nSPS) is 19.8. The highest BCUT2D eigenvalue weighted by Gasteiger charge is 2.28. The summed E-state index contributed by atoms with van der Waals surface area (Å²) in [7, 11) is 0. The minimum Gasteiger partial charge on any atom is -0.376 e. The quantitative estimate of drug-likeness (QED) is 0.671. The zero-order chi connectivity index (χ0) is 12.3. The molecule has 2 rings (SSSR count). The fraction of sp³-hybridized carbons (Fsp3) is 0.333. The summed E-state index contributed by atoms with van der Waals surface area (Å²) in [4.78, 5) is 17.1. The Labute approximate surface area is 98.4 Å². The lowest BCUT2D eigenvalue weighted by Gasteiger charge is -2.32. The summed E-state index contributed by atoms with van der Waals surface area (Å²) in [5.74, 6) is 1.41. The number of carbonyl (C=O) groups is 1. The Morgan fingerprint density at radius 3 is 3.24 bits per heavy atom. The highest BCUT2D eigenvalue weighted by molar-refractivity contribution is 5.94. The second-order valence-corrected chi connectivity index (χ2v) is 3.61. The molecule has 0 aromatic carbocycles. The minimum atomic E-state index is -0.639. The molecule has 1 aliphatic heterocycles. The molecule has 2 heterocycles. The molecule has 0 radical (unpaired) electrons. The minimum absolute atomic E-state index is 0.0119. The lowest BCUT2D eigenvalue weighted by molar-refractivity contribution is 0.0135. The molecule has 1 amide bonds. The zero-order valence-corrected chi connectivity index (χ0v) is 9.10. The standard InChI is InChI=1S/C12H11FN2O2/c1-2-9-8-17-6-5-15(9)12(16)10-3-4-14-7-11(10)13/h1,3-4,7,9H,5-6,8H2. The van der Waals surface area contributed by atoms with E-state index >= 15 is 0 Å². The number of terminal acetylenes is 1. The zero-order valence-electron chi connectivity index (χ0n) is 9.10. The number of pyridine rings is 1. The van der Waals surface area contributed by atoms with Crippen LogP contribution in [-0.4, -0.2) is 41.6 Å². The van der Waals surface area contributed by atoms with E-state index in [1.54, 1.807) is 0 Å². The van der Waals surface area contributed by atoms with Crippen LogP contribution in [0, 0.1) is 18.2 Å². The molecule has 0 spiro atoms. The third kappa shape index (κ3) is 2.27. The van der Waals surface area contributed by atoms with Crippen molar-refractivity contribution in [3.05, 3.63) is 29.8 Å². The van der Waals surface area contributed by atoms with Crippen molar-refractivity contribution in [1.29, 1.82) is 0 Å². The van der Waals surface area contributed by atoms with Gasteiger partial charge in [0.05, 0.1) is 25.0 Å². The van der Waals surface area contributed by atoms with Gasteiger partial charge in [-0.25, -0.2) is 4.39 Å². The van der Waals surface area contributed by atoms with Crippen molar-refractivity contribution in [2.75, 3.05) is 19.8 Å². The second kappa shape index (κ2) is 4.93. The molecule has 1 fully saturated rings. The molecular weight excluding hydrogens is 223 g/mol. The first-order chi connectivity index (χ1) is 8.24. The largest absolute Gasteiger partial charge is 0.376 e. The van der Waals surface area contributed by atoms with Crippen LogP contribution in [0.4, 0.5) is 4.39 Å². The second-order valence-electron chi connectivity index (χ2n) is 3.61. The van der Waals surface area contributed by atoms with E-state index in [4.69, 9.17) is 11.2 Å². The van der Waals surface area contributed by atoms with Crippen LogP contribution in [0.15, 0.2) is 18.5 Å². The SMILES string of the molecule is C#CC1COCCN1C(=O)c1ccncc1F. The van der Waals surface area contributed by atoms with Crippen molar-refractivity contribution < 1.29 is 13.9 Å². The number of halogens is 1. The third-order valence-corrected chi connectivity index (χ3v) is 2.58. The Morgan fingerprint density at radius 2 is 2.53 bits per heavy atom. The molecular formula is C12H11FN2O2. The first-order valence-corrected chi connectivity index (χ1v) is 5.18. The van der Waals surface area contributed by atoms with Gasteiger partial charge in [0.2, 0.25) is 0 Å². The maximum atomic E-state index is 13.4. The Bertz CT molecular complexity index is 470. The lowest BCUT2D eigenvalue weighted by Crippen LogP contribution is -2.48. The molecule has 0 N–H and O–H groups in total. The highest BCUT2D eigenvalue weighted by atomic mass is 19.1. The van der Waals surface area contributed by atoms with Crippen LogP contribution in [0.25, 0.3) is 0 Å². The summed E-state index contributed by atoms with van der Waals surface area (Å²) in [5, 5.41) is 0. The number of aromatic nitrogens is 1. The van der Waals surface area contributed by atoms with Crippen LogP contribution in [0.1, 0.15) is 10.4 Å². The van der Waals surface area contributed by atoms with Gasteiger partial charge in [-0.3, -0.25) is 9.78 Å². The number of ether oxygens (including phenoxy) is 1. The summed E-state index contributed by atoms with van der Waals surface area (Å²) in [6.07, 6.45) is 7.71. The van der Waals surface area contributed by atoms with Crippen LogP contribution in [0.5, 0.6) is 0 Å². The Morgan fingerprint density at radius 1 is 1.71 bits per heavy atom. The van der Waals surface area contributed by atoms with Crippen LogP contribution in [-0.2, 0) is 4.74 Å². The predicted octanol–water partition coefficient (Wildman–Crippen LogP) is 0.695. The van der Waals surface area contributed by atoms with Crippen molar-refractivity contribution in [2.24, 2.45) is 0 Å². The maximum Gasteiger partial charge on any atom is 0.258 e. The van der Waals surface area contributed by atoms with Gasteiger partial charge >= 0.3 is 0 Å². The third-order valence-electron chi connectivity index (χ3n) is 2.58. The number of hydrogen-bond acceptors (Lipinski definition) is 3. The summed E-state index contributed by atoms with van der Waals surface area (Å²) in [6.45, 7) is 1.07. The summed E-state index contributed by atoms with van der Waals surface area (Å²) < 4.78 is 18.6. The smallest absolute Gasteiger partial charge is 0.258 e. The molecule has 1 unspecified atom stereocenters. The first-order valence-electron chi connectivity index (χ1n) is 5.18. The molecule has 1 saturated heterocycles.